The molecule has 0 radical (unpaired) electrons. The van der Waals surface area contributed by atoms with Gasteiger partial charge in [-0.15, -0.1) is 0 Å². The zero-order valence-corrected chi connectivity index (χ0v) is 20.6. The van der Waals surface area contributed by atoms with Crippen LogP contribution in [0.25, 0.3) is 38.8 Å². The molecule has 0 aliphatic carbocycles. The van der Waals surface area contributed by atoms with E-state index in [2.05, 4.69) is 25.3 Å². The minimum Gasteiger partial charge on any atom is -0.368 e. The number of aromatic nitrogens is 6. The Hall–Kier alpha value is -5.63. The topological polar surface area (TPSA) is 151 Å². The molecule has 4 aromatic heterocycles. The Morgan fingerprint density at radius 2 is 1.95 bits per heavy atom. The first-order valence-electron chi connectivity index (χ1n) is 12.0. The molecule has 0 bridgehead atoms. The quantitative estimate of drug-likeness (QED) is 0.303. The van der Waals surface area contributed by atoms with Gasteiger partial charge in [0.1, 0.15) is 34.7 Å². The van der Waals surface area contributed by atoms with E-state index in [1.54, 1.807) is 31.5 Å². The van der Waals surface area contributed by atoms with E-state index in [-0.39, 0.29) is 28.7 Å². The molecule has 0 spiro atoms. The molecule has 4 heterocycles. The lowest BCUT2D eigenvalue weighted by molar-refractivity contribution is 0.624. The van der Waals surface area contributed by atoms with Crippen molar-refractivity contribution in [2.45, 2.75) is 13.0 Å². The van der Waals surface area contributed by atoms with Gasteiger partial charge in [-0.3, -0.25) is 9.36 Å². The van der Waals surface area contributed by atoms with Crippen LogP contribution in [0.15, 0.2) is 78.0 Å². The summed E-state index contributed by atoms with van der Waals surface area (Å²) in [4.78, 5) is 34.6. The first kappa shape index (κ1) is 23.7. The number of hydrogen-bond donors (Lipinski definition) is 3. The number of benzene rings is 2. The molecular weight excluding hydrogens is 497 g/mol. The molecule has 0 aliphatic rings. The van der Waals surface area contributed by atoms with Crippen molar-refractivity contribution in [3.05, 3.63) is 101 Å². The summed E-state index contributed by atoms with van der Waals surface area (Å²) in [6.07, 6.45) is 4.81. The molecule has 0 saturated heterocycles. The molecule has 11 heteroatoms. The highest BCUT2D eigenvalue weighted by atomic mass is 19.1. The van der Waals surface area contributed by atoms with Gasteiger partial charge in [0.25, 0.3) is 5.56 Å². The van der Waals surface area contributed by atoms with Gasteiger partial charge in [-0.25, -0.2) is 19.3 Å². The third-order valence-electron chi connectivity index (χ3n) is 6.37. The van der Waals surface area contributed by atoms with Gasteiger partial charge in [0.05, 0.1) is 28.8 Å². The van der Waals surface area contributed by atoms with Crippen LogP contribution in [-0.2, 0) is 0 Å². The highest BCUT2D eigenvalue weighted by Gasteiger charge is 2.22. The molecule has 1 atom stereocenters. The summed E-state index contributed by atoms with van der Waals surface area (Å²) in [7, 11) is 0. The van der Waals surface area contributed by atoms with Gasteiger partial charge in [0.2, 0.25) is 5.95 Å². The summed E-state index contributed by atoms with van der Waals surface area (Å²) < 4.78 is 15.7. The normalized spacial score (nSPS) is 11.9. The summed E-state index contributed by atoms with van der Waals surface area (Å²) in [6, 6.07) is 16.4. The van der Waals surface area contributed by atoms with Gasteiger partial charge in [-0.1, -0.05) is 18.2 Å². The standard InChI is InChI=1S/C28H20FN9O/c1-15(35-25-18(12-30)14-34-28(31)37-25)26-36-22-7-3-6-21(17-10-16-8-9-32-24(16)33-13-17)23(22)27(39)38(26)20-5-2-4-19(29)11-20/h2-11,13-15H,1H3,(H,32,33)(H3,31,34,35,37)/t15-/m0/s1. The smallest absolute Gasteiger partial charge is 0.266 e. The maximum atomic E-state index is 14.4. The van der Waals surface area contributed by atoms with Crippen LogP contribution in [0.5, 0.6) is 0 Å². The highest BCUT2D eigenvalue weighted by Crippen LogP contribution is 2.30. The first-order chi connectivity index (χ1) is 18.9. The Balaban J connectivity index is 1.59. The largest absolute Gasteiger partial charge is 0.368 e. The molecule has 6 rings (SSSR count). The number of pyridine rings is 1. The van der Waals surface area contributed by atoms with Gasteiger partial charge >= 0.3 is 0 Å². The molecule has 190 valence electrons. The minimum absolute atomic E-state index is 0.0182. The van der Waals surface area contributed by atoms with Gasteiger partial charge in [-0.2, -0.15) is 10.2 Å². The number of nitrogen functional groups attached to an aromatic ring is 1. The van der Waals surface area contributed by atoms with Crippen molar-refractivity contribution in [2.75, 3.05) is 11.1 Å². The van der Waals surface area contributed by atoms with Crippen molar-refractivity contribution >= 4 is 33.7 Å². The molecule has 6 aromatic rings. The lowest BCUT2D eigenvalue weighted by atomic mass is 10.0. The molecule has 2 aromatic carbocycles. The highest BCUT2D eigenvalue weighted by molar-refractivity contribution is 5.96. The monoisotopic (exact) mass is 517 g/mol. The number of H-pyrrole nitrogens is 1. The van der Waals surface area contributed by atoms with Crippen LogP contribution in [0.3, 0.4) is 0 Å². The number of rotatable bonds is 5. The molecule has 39 heavy (non-hydrogen) atoms. The molecule has 0 aliphatic heterocycles. The fraction of sp³-hybridized carbons (Fsp3) is 0.0714. The van der Waals surface area contributed by atoms with Crippen molar-refractivity contribution in [1.82, 2.24) is 29.5 Å². The minimum atomic E-state index is -0.645. The van der Waals surface area contributed by atoms with Gasteiger partial charge in [-0.05, 0) is 48.9 Å². The van der Waals surface area contributed by atoms with Crippen LogP contribution < -0.4 is 16.6 Å². The Morgan fingerprint density at radius 3 is 2.77 bits per heavy atom. The van der Waals surface area contributed by atoms with E-state index in [4.69, 9.17) is 10.7 Å². The number of anilines is 2. The fourth-order valence-electron chi connectivity index (χ4n) is 4.59. The van der Waals surface area contributed by atoms with E-state index in [0.29, 0.717) is 22.2 Å². The summed E-state index contributed by atoms with van der Waals surface area (Å²) >= 11 is 0. The van der Waals surface area contributed by atoms with E-state index in [1.165, 1.54) is 29.0 Å². The Morgan fingerprint density at radius 1 is 1.10 bits per heavy atom. The predicted molar refractivity (Wildman–Crippen MR) is 146 cm³/mol. The van der Waals surface area contributed by atoms with Crippen LogP contribution in [-0.4, -0.2) is 29.5 Å². The number of fused-ring (bicyclic) bond motifs is 2. The van der Waals surface area contributed by atoms with Crippen LogP contribution in [0, 0.1) is 17.1 Å². The third-order valence-corrected chi connectivity index (χ3v) is 6.37. The first-order valence-corrected chi connectivity index (χ1v) is 12.0. The summed E-state index contributed by atoms with van der Waals surface area (Å²) in [5, 5.41) is 13.9. The molecule has 0 amide bonds. The van der Waals surface area contributed by atoms with E-state index >= 15 is 0 Å². The van der Waals surface area contributed by atoms with Crippen molar-refractivity contribution in [1.29, 1.82) is 5.26 Å². The lowest BCUT2D eigenvalue weighted by Crippen LogP contribution is -2.28. The molecule has 0 unspecified atom stereocenters. The number of nitriles is 1. The summed E-state index contributed by atoms with van der Waals surface area (Å²) in [5.41, 5.74) is 8.40. The number of nitrogens with one attached hydrogen (secondary N) is 2. The SMILES string of the molecule is C[C@H](Nc1nc(N)ncc1C#N)c1nc2cccc(-c3cnc4[nH]ccc4c3)c2c(=O)n1-c1cccc(F)c1. The van der Waals surface area contributed by atoms with Crippen LogP contribution in [0.1, 0.15) is 24.4 Å². The van der Waals surface area contributed by atoms with E-state index in [9.17, 15) is 14.4 Å². The fourth-order valence-corrected chi connectivity index (χ4v) is 4.59. The van der Waals surface area contributed by atoms with Gasteiger partial charge in [0.15, 0.2) is 0 Å². The zero-order valence-electron chi connectivity index (χ0n) is 20.6. The van der Waals surface area contributed by atoms with Gasteiger partial charge in [0, 0.05) is 23.3 Å². The van der Waals surface area contributed by atoms with E-state index in [1.807, 2.05) is 30.3 Å². The van der Waals surface area contributed by atoms with Crippen molar-refractivity contribution in [2.24, 2.45) is 0 Å². The third kappa shape index (κ3) is 4.19. The summed E-state index contributed by atoms with van der Waals surface area (Å²) in [6.45, 7) is 1.76. The molecule has 4 N–H and O–H groups in total. The summed E-state index contributed by atoms with van der Waals surface area (Å²) in [5.74, 6) is -0.0417. The van der Waals surface area contributed by atoms with Crippen molar-refractivity contribution in [3.8, 4) is 22.9 Å². The lowest BCUT2D eigenvalue weighted by Gasteiger charge is -2.21. The number of nitrogens with two attached hydrogens (primary N) is 1. The maximum Gasteiger partial charge on any atom is 0.266 e. The molecular formula is C28H20FN9O. The molecule has 10 nitrogen and oxygen atoms in total. The predicted octanol–water partition coefficient (Wildman–Crippen LogP) is 4.49. The van der Waals surface area contributed by atoms with Crippen molar-refractivity contribution in [3.63, 3.8) is 0 Å². The van der Waals surface area contributed by atoms with E-state index in [0.717, 1.165) is 16.6 Å². The molecule has 0 saturated carbocycles. The van der Waals surface area contributed by atoms with Crippen LogP contribution >= 0.6 is 0 Å². The van der Waals surface area contributed by atoms with Gasteiger partial charge < -0.3 is 16.0 Å². The Bertz CT molecular complexity index is 1990. The van der Waals surface area contributed by atoms with Crippen LogP contribution in [0.2, 0.25) is 0 Å². The van der Waals surface area contributed by atoms with Crippen LogP contribution in [0.4, 0.5) is 16.2 Å². The number of nitrogens with zero attached hydrogens (tertiary/aromatic N) is 6. The Labute approximate surface area is 220 Å². The second-order valence-corrected chi connectivity index (χ2v) is 8.90. The second kappa shape index (κ2) is 9.35. The average Bonchev–Trinajstić information content (AvgIpc) is 3.41. The maximum absolute atomic E-state index is 14.4. The number of halogens is 1. The molecule has 0 fully saturated rings. The zero-order chi connectivity index (χ0) is 27.1. The second-order valence-electron chi connectivity index (χ2n) is 8.90. The number of aromatic amines is 1. The van der Waals surface area contributed by atoms with E-state index < -0.39 is 11.9 Å². The van der Waals surface area contributed by atoms with Crippen molar-refractivity contribution < 1.29 is 4.39 Å². The average molecular weight is 518 g/mol. The Kier molecular flexibility index (Phi) is 5.69. The number of hydrogen-bond acceptors (Lipinski definition) is 8.